The van der Waals surface area contributed by atoms with Crippen molar-refractivity contribution in [1.82, 2.24) is 35.0 Å². The van der Waals surface area contributed by atoms with Gasteiger partial charge in [0.1, 0.15) is 17.0 Å². The van der Waals surface area contributed by atoms with Gasteiger partial charge in [-0.15, -0.1) is 11.3 Å². The average molecular weight is 481 g/mol. The van der Waals surface area contributed by atoms with Crippen LogP contribution in [0.1, 0.15) is 36.2 Å². The van der Waals surface area contributed by atoms with Gasteiger partial charge >= 0.3 is 0 Å². The number of hydrogen-bond donors (Lipinski definition) is 3. The standard InChI is InChI=1S/C22H21ClN8OS/c1-11(2)31-17(6-7-25-21(32)16-10-33-22(23)28-16)29-18-19(31)13-4-3-12(14-5-8-26-30-14)9-15(13)27-20(18)24/h3-5,8-11H,6-7H2,1-2H3,(H2,24,27)(H,25,32)(H,26,30). The number of aromatic amines is 1. The number of thiazole rings is 1. The molecule has 0 unspecified atom stereocenters. The van der Waals surface area contributed by atoms with Crippen LogP contribution in [0.2, 0.25) is 4.47 Å². The summed E-state index contributed by atoms with van der Waals surface area (Å²) in [7, 11) is 0. The highest BCUT2D eigenvalue weighted by Gasteiger charge is 2.20. The van der Waals surface area contributed by atoms with E-state index in [1.807, 2.05) is 24.3 Å². The Kier molecular flexibility index (Phi) is 5.47. The monoisotopic (exact) mass is 480 g/mol. The van der Waals surface area contributed by atoms with Crippen molar-refractivity contribution in [2.45, 2.75) is 26.3 Å². The highest BCUT2D eigenvalue weighted by Crippen LogP contribution is 2.33. The Balaban J connectivity index is 1.51. The predicted molar refractivity (Wildman–Crippen MR) is 131 cm³/mol. The number of fused-ring (bicyclic) bond motifs is 3. The van der Waals surface area contributed by atoms with Crippen molar-refractivity contribution in [2.24, 2.45) is 0 Å². The van der Waals surface area contributed by atoms with E-state index in [1.54, 1.807) is 11.6 Å². The van der Waals surface area contributed by atoms with Gasteiger partial charge in [-0.1, -0.05) is 17.7 Å². The van der Waals surface area contributed by atoms with Gasteiger partial charge in [0.25, 0.3) is 5.91 Å². The van der Waals surface area contributed by atoms with Gasteiger partial charge in [0.15, 0.2) is 10.3 Å². The number of nitrogen functional groups attached to an aromatic ring is 1. The zero-order valence-corrected chi connectivity index (χ0v) is 19.5. The number of carbonyl (C=O) groups is 1. The lowest BCUT2D eigenvalue weighted by atomic mass is 10.1. The van der Waals surface area contributed by atoms with E-state index in [0.29, 0.717) is 34.5 Å². The first-order valence-electron chi connectivity index (χ1n) is 10.4. The van der Waals surface area contributed by atoms with E-state index in [2.05, 4.69) is 43.9 Å². The summed E-state index contributed by atoms with van der Waals surface area (Å²) in [6, 6.07) is 8.11. The van der Waals surface area contributed by atoms with Gasteiger partial charge in [-0.2, -0.15) is 5.10 Å². The van der Waals surface area contributed by atoms with Crippen LogP contribution in [0.25, 0.3) is 33.2 Å². The van der Waals surface area contributed by atoms with Gasteiger partial charge < -0.3 is 15.6 Å². The maximum absolute atomic E-state index is 12.3. The van der Waals surface area contributed by atoms with E-state index in [0.717, 1.165) is 33.5 Å². The second kappa shape index (κ2) is 8.45. The van der Waals surface area contributed by atoms with Gasteiger partial charge in [-0.05, 0) is 32.0 Å². The molecule has 33 heavy (non-hydrogen) atoms. The molecule has 0 atom stereocenters. The van der Waals surface area contributed by atoms with E-state index >= 15 is 0 Å². The Morgan fingerprint density at radius 3 is 2.82 bits per heavy atom. The zero-order valence-electron chi connectivity index (χ0n) is 18.0. The number of carbonyl (C=O) groups excluding carboxylic acids is 1. The molecule has 5 rings (SSSR count). The van der Waals surface area contributed by atoms with Gasteiger partial charge in [0.2, 0.25) is 0 Å². The summed E-state index contributed by atoms with van der Waals surface area (Å²) in [6.45, 7) is 4.60. The lowest BCUT2D eigenvalue weighted by Crippen LogP contribution is -2.26. The molecule has 1 aromatic carbocycles. The van der Waals surface area contributed by atoms with E-state index < -0.39 is 0 Å². The Hall–Kier alpha value is -3.50. The van der Waals surface area contributed by atoms with Crippen LogP contribution in [0.15, 0.2) is 35.8 Å². The molecule has 0 bridgehead atoms. The number of benzene rings is 1. The number of imidazole rings is 1. The second-order valence-corrected chi connectivity index (χ2v) is 9.32. The smallest absolute Gasteiger partial charge is 0.270 e. The van der Waals surface area contributed by atoms with Crippen molar-refractivity contribution in [3.63, 3.8) is 0 Å². The van der Waals surface area contributed by atoms with Gasteiger partial charge in [-0.25, -0.2) is 15.0 Å². The molecule has 4 N–H and O–H groups in total. The van der Waals surface area contributed by atoms with Crippen molar-refractivity contribution in [2.75, 3.05) is 12.3 Å². The number of pyridine rings is 1. The van der Waals surface area contributed by atoms with Crippen molar-refractivity contribution >= 4 is 56.6 Å². The van der Waals surface area contributed by atoms with Crippen LogP contribution in [-0.2, 0) is 6.42 Å². The summed E-state index contributed by atoms with van der Waals surface area (Å²) >= 11 is 7.05. The number of anilines is 1. The summed E-state index contributed by atoms with van der Waals surface area (Å²) in [6.07, 6.45) is 2.25. The first-order chi connectivity index (χ1) is 15.9. The summed E-state index contributed by atoms with van der Waals surface area (Å²) in [5, 5.41) is 12.5. The third kappa shape index (κ3) is 3.91. The van der Waals surface area contributed by atoms with Gasteiger partial charge in [0.05, 0.1) is 16.7 Å². The van der Waals surface area contributed by atoms with Crippen LogP contribution in [0.5, 0.6) is 0 Å². The molecule has 0 aliphatic rings. The quantitative estimate of drug-likeness (QED) is 0.334. The average Bonchev–Trinajstić information content (AvgIpc) is 3.53. The van der Waals surface area contributed by atoms with Gasteiger partial charge in [-0.3, -0.25) is 9.89 Å². The molecule has 0 radical (unpaired) electrons. The summed E-state index contributed by atoms with van der Waals surface area (Å²) in [5.41, 5.74) is 10.9. The molecule has 0 saturated heterocycles. The van der Waals surface area contributed by atoms with E-state index in [1.165, 1.54) is 11.3 Å². The molecule has 0 spiro atoms. The molecule has 0 saturated carbocycles. The zero-order chi connectivity index (χ0) is 23.1. The van der Waals surface area contributed by atoms with Crippen LogP contribution >= 0.6 is 22.9 Å². The minimum Gasteiger partial charge on any atom is -0.382 e. The molecule has 5 aromatic rings. The van der Waals surface area contributed by atoms with Crippen molar-refractivity contribution in [3.05, 3.63) is 51.8 Å². The van der Waals surface area contributed by atoms with Crippen LogP contribution in [0, 0.1) is 0 Å². The maximum atomic E-state index is 12.3. The molecule has 9 nitrogen and oxygen atoms in total. The van der Waals surface area contributed by atoms with Crippen molar-refractivity contribution < 1.29 is 4.79 Å². The molecular formula is C22H21ClN8OS. The third-order valence-corrected chi connectivity index (χ3v) is 6.37. The van der Waals surface area contributed by atoms with E-state index in [4.69, 9.17) is 22.3 Å². The first-order valence-corrected chi connectivity index (χ1v) is 11.7. The highest BCUT2D eigenvalue weighted by atomic mass is 35.5. The maximum Gasteiger partial charge on any atom is 0.270 e. The topological polar surface area (TPSA) is 127 Å². The number of H-pyrrole nitrogens is 1. The molecule has 0 fully saturated rings. The number of nitrogens with two attached hydrogens (primary N) is 1. The number of nitrogens with one attached hydrogen (secondary N) is 2. The molecular weight excluding hydrogens is 460 g/mol. The fourth-order valence-corrected chi connectivity index (χ4v) is 4.72. The Morgan fingerprint density at radius 2 is 2.12 bits per heavy atom. The molecule has 0 aliphatic carbocycles. The highest BCUT2D eigenvalue weighted by molar-refractivity contribution is 7.14. The molecule has 0 aliphatic heterocycles. The fourth-order valence-electron chi connectivity index (χ4n) is 3.97. The third-order valence-electron chi connectivity index (χ3n) is 5.39. The SMILES string of the molecule is CC(C)n1c(CCNC(=O)c2csc(Cl)n2)nc2c(N)nc3cc(-c4ccn[nH]4)ccc3c21. The lowest BCUT2D eigenvalue weighted by Gasteiger charge is -2.15. The molecule has 11 heteroatoms. The number of aromatic nitrogens is 6. The van der Waals surface area contributed by atoms with Crippen LogP contribution in [0.3, 0.4) is 0 Å². The summed E-state index contributed by atoms with van der Waals surface area (Å²) in [4.78, 5) is 25.7. The minimum absolute atomic E-state index is 0.135. The molecule has 1 amide bonds. The summed E-state index contributed by atoms with van der Waals surface area (Å²) in [5.74, 6) is 0.944. The van der Waals surface area contributed by atoms with Crippen LogP contribution in [-0.4, -0.2) is 42.2 Å². The van der Waals surface area contributed by atoms with Crippen molar-refractivity contribution in [3.8, 4) is 11.3 Å². The van der Waals surface area contributed by atoms with E-state index in [-0.39, 0.29) is 11.9 Å². The second-order valence-electron chi connectivity index (χ2n) is 7.88. The Labute approximate surface area is 198 Å². The largest absolute Gasteiger partial charge is 0.382 e. The van der Waals surface area contributed by atoms with Crippen LogP contribution < -0.4 is 11.1 Å². The number of halogens is 1. The minimum atomic E-state index is -0.261. The number of hydrogen-bond acceptors (Lipinski definition) is 7. The lowest BCUT2D eigenvalue weighted by molar-refractivity contribution is 0.0949. The van der Waals surface area contributed by atoms with Crippen LogP contribution in [0.4, 0.5) is 5.82 Å². The summed E-state index contributed by atoms with van der Waals surface area (Å²) < 4.78 is 2.50. The van der Waals surface area contributed by atoms with Crippen molar-refractivity contribution in [1.29, 1.82) is 0 Å². The molecule has 4 aromatic heterocycles. The number of nitrogens with zero attached hydrogens (tertiary/aromatic N) is 5. The Bertz CT molecular complexity index is 1470. The van der Waals surface area contributed by atoms with Gasteiger partial charge in [0, 0.05) is 41.5 Å². The first kappa shape index (κ1) is 21.4. The molecule has 168 valence electrons. The van der Waals surface area contributed by atoms with E-state index in [9.17, 15) is 4.79 Å². The Morgan fingerprint density at radius 1 is 1.27 bits per heavy atom. The number of rotatable bonds is 6. The molecule has 4 heterocycles. The number of amides is 1. The fraction of sp³-hybridized carbons (Fsp3) is 0.227. The normalized spacial score (nSPS) is 11.6. The predicted octanol–water partition coefficient (Wildman–Crippen LogP) is 4.22.